The van der Waals surface area contributed by atoms with Gasteiger partial charge in [-0.1, -0.05) is 6.07 Å². The number of hydrogen-bond acceptors (Lipinski definition) is 4. The molecule has 0 unspecified atom stereocenters. The molecule has 7 heteroatoms. The van der Waals surface area contributed by atoms with Crippen LogP contribution in [-0.2, 0) is 14.8 Å². The fourth-order valence-corrected chi connectivity index (χ4v) is 3.55. The van der Waals surface area contributed by atoms with Gasteiger partial charge in [-0.25, -0.2) is 8.42 Å². The fourth-order valence-electron chi connectivity index (χ4n) is 1.98. The lowest BCUT2D eigenvalue weighted by molar-refractivity contribution is -0.137. The molecular formula is C14H22N2O4S. The number of sulfonamides is 1. The molecule has 0 radical (unpaired) electrons. The molecule has 118 valence electrons. The van der Waals surface area contributed by atoms with Gasteiger partial charge in [0.2, 0.25) is 10.0 Å². The maximum atomic E-state index is 12.6. The molecule has 21 heavy (non-hydrogen) atoms. The SMILES string of the molecule is Cc1cc(C)cc(S(=O)(=O)N(CCN(C)C)CC(=O)O)c1. The summed E-state index contributed by atoms with van der Waals surface area (Å²) in [5.74, 6) is -1.17. The van der Waals surface area contributed by atoms with Crippen LogP contribution in [0.25, 0.3) is 0 Å². The number of benzene rings is 1. The third kappa shape index (κ3) is 5.11. The first-order valence-corrected chi connectivity index (χ1v) is 8.02. The quantitative estimate of drug-likeness (QED) is 0.810. The molecule has 1 aromatic carbocycles. The molecule has 0 aromatic heterocycles. The summed E-state index contributed by atoms with van der Waals surface area (Å²) < 4.78 is 26.3. The second-order valence-electron chi connectivity index (χ2n) is 5.36. The average Bonchev–Trinajstić information content (AvgIpc) is 2.32. The number of hydrogen-bond donors (Lipinski definition) is 1. The molecule has 6 nitrogen and oxygen atoms in total. The van der Waals surface area contributed by atoms with E-state index in [4.69, 9.17) is 5.11 Å². The summed E-state index contributed by atoms with van der Waals surface area (Å²) in [6.07, 6.45) is 0. The van der Waals surface area contributed by atoms with Crippen LogP contribution in [0.2, 0.25) is 0 Å². The Morgan fingerprint density at radius 3 is 2.05 bits per heavy atom. The molecular weight excluding hydrogens is 292 g/mol. The van der Waals surface area contributed by atoms with Crippen molar-refractivity contribution >= 4 is 16.0 Å². The lowest BCUT2D eigenvalue weighted by Gasteiger charge is -2.22. The van der Waals surface area contributed by atoms with E-state index in [0.29, 0.717) is 6.54 Å². The van der Waals surface area contributed by atoms with Crippen LogP contribution < -0.4 is 0 Å². The van der Waals surface area contributed by atoms with Gasteiger partial charge in [0.25, 0.3) is 0 Å². The fraction of sp³-hybridized carbons (Fsp3) is 0.500. The van der Waals surface area contributed by atoms with Crippen LogP contribution in [0.15, 0.2) is 23.1 Å². The maximum Gasteiger partial charge on any atom is 0.318 e. The van der Waals surface area contributed by atoms with E-state index in [0.717, 1.165) is 15.4 Å². The molecule has 1 N–H and O–H groups in total. The van der Waals surface area contributed by atoms with Crippen LogP contribution in [-0.4, -0.2) is 62.4 Å². The number of rotatable bonds is 7. The van der Waals surface area contributed by atoms with E-state index in [9.17, 15) is 13.2 Å². The molecule has 1 aromatic rings. The van der Waals surface area contributed by atoms with Crippen molar-refractivity contribution in [2.24, 2.45) is 0 Å². The molecule has 0 saturated heterocycles. The molecule has 0 fully saturated rings. The van der Waals surface area contributed by atoms with Crippen LogP contribution in [0.3, 0.4) is 0 Å². The van der Waals surface area contributed by atoms with Crippen molar-refractivity contribution in [1.29, 1.82) is 0 Å². The molecule has 0 saturated carbocycles. The van der Waals surface area contributed by atoms with Crippen molar-refractivity contribution in [3.63, 3.8) is 0 Å². The van der Waals surface area contributed by atoms with Gasteiger partial charge in [0.1, 0.15) is 6.54 Å². The van der Waals surface area contributed by atoms with E-state index >= 15 is 0 Å². The van der Waals surface area contributed by atoms with Crippen molar-refractivity contribution < 1.29 is 18.3 Å². The summed E-state index contributed by atoms with van der Waals surface area (Å²) in [6, 6.07) is 5.00. The third-order valence-corrected chi connectivity index (χ3v) is 4.76. The zero-order valence-electron chi connectivity index (χ0n) is 12.8. The number of likely N-dealkylation sites (N-methyl/N-ethyl adjacent to an activating group) is 1. The molecule has 1 rings (SSSR count). The van der Waals surface area contributed by atoms with E-state index < -0.39 is 22.5 Å². The van der Waals surface area contributed by atoms with E-state index in [-0.39, 0.29) is 11.4 Å². The first-order chi connectivity index (χ1) is 9.62. The summed E-state index contributed by atoms with van der Waals surface area (Å²) in [5, 5.41) is 8.95. The topological polar surface area (TPSA) is 77.9 Å². The average molecular weight is 314 g/mol. The highest BCUT2D eigenvalue weighted by atomic mass is 32.2. The summed E-state index contributed by atoms with van der Waals surface area (Å²) in [5.41, 5.74) is 1.66. The van der Waals surface area contributed by atoms with E-state index in [1.54, 1.807) is 12.1 Å². The minimum absolute atomic E-state index is 0.134. The number of carboxylic acid groups (broad SMARTS) is 1. The summed E-state index contributed by atoms with van der Waals surface area (Å²) >= 11 is 0. The smallest absolute Gasteiger partial charge is 0.318 e. The van der Waals surface area contributed by atoms with Crippen molar-refractivity contribution in [3.8, 4) is 0 Å². The van der Waals surface area contributed by atoms with Gasteiger partial charge in [-0.15, -0.1) is 0 Å². The highest BCUT2D eigenvalue weighted by Crippen LogP contribution is 2.19. The number of aryl methyl sites for hydroxylation is 2. The number of carbonyl (C=O) groups is 1. The first kappa shape index (κ1) is 17.6. The van der Waals surface area contributed by atoms with Gasteiger partial charge >= 0.3 is 5.97 Å². The van der Waals surface area contributed by atoms with Gasteiger partial charge in [-0.3, -0.25) is 4.79 Å². The Morgan fingerprint density at radius 2 is 1.62 bits per heavy atom. The first-order valence-electron chi connectivity index (χ1n) is 6.58. The molecule has 0 atom stereocenters. The van der Waals surface area contributed by atoms with Crippen molar-refractivity contribution in [3.05, 3.63) is 29.3 Å². The van der Waals surface area contributed by atoms with Gasteiger partial charge in [-0.2, -0.15) is 4.31 Å². The predicted molar refractivity (Wildman–Crippen MR) is 80.9 cm³/mol. The Labute approximate surface area is 126 Å². The summed E-state index contributed by atoms with van der Waals surface area (Å²) in [4.78, 5) is 12.9. The van der Waals surface area contributed by atoms with Gasteiger partial charge in [0.15, 0.2) is 0 Å². The molecule has 0 heterocycles. The maximum absolute atomic E-state index is 12.6. The Balaban J connectivity index is 3.15. The summed E-state index contributed by atoms with van der Waals surface area (Å²) in [7, 11) is -0.195. The highest BCUT2D eigenvalue weighted by molar-refractivity contribution is 7.89. The van der Waals surface area contributed by atoms with Gasteiger partial charge < -0.3 is 10.0 Å². The van der Waals surface area contributed by atoms with Crippen LogP contribution >= 0.6 is 0 Å². The minimum atomic E-state index is -3.81. The lowest BCUT2D eigenvalue weighted by Crippen LogP contribution is -2.40. The monoisotopic (exact) mass is 314 g/mol. The number of aliphatic carboxylic acids is 1. The third-order valence-electron chi connectivity index (χ3n) is 2.94. The Bertz CT molecular complexity index is 591. The molecule has 0 amide bonds. The van der Waals surface area contributed by atoms with Crippen molar-refractivity contribution in [1.82, 2.24) is 9.21 Å². The van der Waals surface area contributed by atoms with Crippen LogP contribution in [0.5, 0.6) is 0 Å². The molecule has 0 aliphatic heterocycles. The highest BCUT2D eigenvalue weighted by Gasteiger charge is 2.26. The van der Waals surface area contributed by atoms with Crippen LogP contribution in [0.1, 0.15) is 11.1 Å². The zero-order chi connectivity index (χ0) is 16.2. The Morgan fingerprint density at radius 1 is 1.10 bits per heavy atom. The van der Waals surface area contributed by atoms with Crippen molar-refractivity contribution in [2.75, 3.05) is 33.7 Å². The molecule has 0 bridgehead atoms. The zero-order valence-corrected chi connectivity index (χ0v) is 13.6. The number of nitrogens with zero attached hydrogens (tertiary/aromatic N) is 2. The van der Waals surface area contributed by atoms with Gasteiger partial charge in [-0.05, 0) is 51.2 Å². The second-order valence-corrected chi connectivity index (χ2v) is 7.30. The Kier molecular flexibility index (Phi) is 5.88. The lowest BCUT2D eigenvalue weighted by atomic mass is 10.2. The number of carboxylic acids is 1. The van der Waals surface area contributed by atoms with Gasteiger partial charge in [0.05, 0.1) is 4.90 Å². The van der Waals surface area contributed by atoms with Gasteiger partial charge in [0, 0.05) is 13.1 Å². The second kappa shape index (κ2) is 7.02. The van der Waals surface area contributed by atoms with E-state index in [1.807, 2.05) is 38.9 Å². The largest absolute Gasteiger partial charge is 0.480 e. The molecule has 0 aliphatic carbocycles. The van der Waals surface area contributed by atoms with Crippen LogP contribution in [0.4, 0.5) is 0 Å². The normalized spacial score (nSPS) is 12.1. The minimum Gasteiger partial charge on any atom is -0.480 e. The molecule has 0 aliphatic rings. The molecule has 0 spiro atoms. The van der Waals surface area contributed by atoms with Crippen molar-refractivity contribution in [2.45, 2.75) is 18.7 Å². The predicted octanol–water partition coefficient (Wildman–Crippen LogP) is 0.940. The summed E-state index contributed by atoms with van der Waals surface area (Å²) in [6.45, 7) is 3.68. The van der Waals surface area contributed by atoms with E-state index in [1.165, 1.54) is 0 Å². The van der Waals surface area contributed by atoms with Crippen LogP contribution in [0, 0.1) is 13.8 Å². The van der Waals surface area contributed by atoms with E-state index in [2.05, 4.69) is 0 Å². The standard InChI is InChI=1S/C14H22N2O4S/c1-11-7-12(2)9-13(8-11)21(19,20)16(10-14(17)18)6-5-15(3)4/h7-9H,5-6,10H2,1-4H3,(H,17,18). The Hall–Kier alpha value is -1.44.